The normalized spacial score (nSPS) is 19.0. The zero-order valence-electron chi connectivity index (χ0n) is 13.8. The van der Waals surface area contributed by atoms with Gasteiger partial charge >= 0.3 is 6.09 Å². The minimum absolute atomic E-state index is 0.176. The number of ether oxygens (including phenoxy) is 3. The Bertz CT molecular complexity index is 750. The Hall–Kier alpha value is -2.73. The number of carbonyl (C=O) groups is 1. The molecule has 0 aromatic heterocycles. The fraction of sp³-hybridized carbons (Fsp3) is 0.316. The first-order valence-electron chi connectivity index (χ1n) is 8.42. The van der Waals surface area contributed by atoms with Gasteiger partial charge in [-0.2, -0.15) is 0 Å². The molecule has 2 aliphatic heterocycles. The Labute approximate surface area is 146 Å². The summed E-state index contributed by atoms with van der Waals surface area (Å²) in [6, 6.07) is 15.7. The summed E-state index contributed by atoms with van der Waals surface area (Å²) in [7, 11) is 0. The number of benzene rings is 2. The van der Waals surface area contributed by atoms with Gasteiger partial charge in [0, 0.05) is 19.2 Å². The standard InChI is InChI=1S/C19H20N2O4/c22-19-21(15-6-7-17-18(10-15)24-9-8-23-17)13-16(25-19)12-20-11-14-4-2-1-3-5-14/h1-7,10,16,20H,8-9,11-13H2/t16-/m1/s1. The molecule has 25 heavy (non-hydrogen) atoms. The lowest BCUT2D eigenvalue weighted by Gasteiger charge is -2.21. The van der Waals surface area contributed by atoms with Gasteiger partial charge in [-0.3, -0.25) is 4.90 Å². The highest BCUT2D eigenvalue weighted by Crippen LogP contribution is 2.35. The van der Waals surface area contributed by atoms with Crippen molar-refractivity contribution in [2.75, 3.05) is 31.2 Å². The molecule has 1 amide bonds. The summed E-state index contributed by atoms with van der Waals surface area (Å²) in [4.78, 5) is 13.8. The molecule has 0 aliphatic carbocycles. The van der Waals surface area contributed by atoms with Crippen LogP contribution in [0.15, 0.2) is 48.5 Å². The number of anilines is 1. The topological polar surface area (TPSA) is 60.0 Å². The van der Waals surface area contributed by atoms with Crippen LogP contribution in [0.1, 0.15) is 5.56 Å². The summed E-state index contributed by atoms with van der Waals surface area (Å²) < 4.78 is 16.6. The van der Waals surface area contributed by atoms with Crippen LogP contribution in [0.2, 0.25) is 0 Å². The van der Waals surface area contributed by atoms with Crippen LogP contribution in [-0.2, 0) is 11.3 Å². The molecule has 6 nitrogen and oxygen atoms in total. The molecule has 6 heteroatoms. The van der Waals surface area contributed by atoms with Gasteiger partial charge in [-0.05, 0) is 17.7 Å². The number of rotatable bonds is 5. The van der Waals surface area contributed by atoms with Crippen molar-refractivity contribution in [2.45, 2.75) is 12.6 Å². The number of cyclic esters (lactones) is 1. The number of carbonyl (C=O) groups excluding carboxylic acids is 1. The van der Waals surface area contributed by atoms with E-state index in [4.69, 9.17) is 14.2 Å². The lowest BCUT2D eigenvalue weighted by atomic mass is 10.2. The van der Waals surface area contributed by atoms with Gasteiger partial charge in [0.05, 0.1) is 12.2 Å². The molecule has 0 unspecified atom stereocenters. The van der Waals surface area contributed by atoms with E-state index in [1.54, 1.807) is 4.90 Å². The molecule has 0 radical (unpaired) electrons. The number of fused-ring (bicyclic) bond motifs is 1. The summed E-state index contributed by atoms with van der Waals surface area (Å²) in [5.74, 6) is 1.38. The highest BCUT2D eigenvalue weighted by molar-refractivity contribution is 5.90. The highest BCUT2D eigenvalue weighted by Gasteiger charge is 2.32. The molecule has 0 bridgehead atoms. The summed E-state index contributed by atoms with van der Waals surface area (Å²) in [5.41, 5.74) is 1.97. The van der Waals surface area contributed by atoms with Gasteiger partial charge in [-0.25, -0.2) is 4.79 Å². The van der Waals surface area contributed by atoms with Crippen molar-refractivity contribution in [3.63, 3.8) is 0 Å². The second kappa shape index (κ2) is 7.03. The molecule has 1 N–H and O–H groups in total. The summed E-state index contributed by atoms with van der Waals surface area (Å²) in [6.45, 7) is 2.95. The van der Waals surface area contributed by atoms with Gasteiger partial charge in [-0.15, -0.1) is 0 Å². The minimum atomic E-state index is -0.330. The zero-order valence-corrected chi connectivity index (χ0v) is 13.8. The Kier molecular flexibility index (Phi) is 4.43. The molecule has 1 atom stereocenters. The first-order valence-corrected chi connectivity index (χ1v) is 8.42. The molecule has 2 aromatic rings. The van der Waals surface area contributed by atoms with E-state index >= 15 is 0 Å². The van der Waals surface area contributed by atoms with E-state index in [-0.39, 0.29) is 12.2 Å². The van der Waals surface area contributed by atoms with E-state index < -0.39 is 0 Å². The van der Waals surface area contributed by atoms with Crippen LogP contribution >= 0.6 is 0 Å². The summed E-state index contributed by atoms with van der Waals surface area (Å²) in [5, 5.41) is 3.34. The number of nitrogens with zero attached hydrogens (tertiary/aromatic N) is 1. The molecular formula is C19H20N2O4. The molecule has 2 aromatic carbocycles. The third-order valence-electron chi connectivity index (χ3n) is 4.26. The van der Waals surface area contributed by atoms with Crippen molar-refractivity contribution >= 4 is 11.8 Å². The first-order chi connectivity index (χ1) is 12.3. The molecule has 1 saturated heterocycles. The SMILES string of the molecule is O=C1O[C@H](CNCc2ccccc2)CN1c1ccc2c(c1)OCCO2. The fourth-order valence-corrected chi connectivity index (χ4v) is 3.01. The molecule has 2 aliphatic rings. The maximum atomic E-state index is 12.2. The largest absolute Gasteiger partial charge is 0.486 e. The van der Waals surface area contributed by atoms with Gasteiger partial charge in [0.15, 0.2) is 11.5 Å². The highest BCUT2D eigenvalue weighted by atomic mass is 16.6. The van der Waals surface area contributed by atoms with Crippen LogP contribution in [0.3, 0.4) is 0 Å². The fourth-order valence-electron chi connectivity index (χ4n) is 3.01. The van der Waals surface area contributed by atoms with Crippen molar-refractivity contribution in [3.05, 3.63) is 54.1 Å². The molecule has 2 heterocycles. The third-order valence-corrected chi connectivity index (χ3v) is 4.26. The van der Waals surface area contributed by atoms with Crippen LogP contribution in [0.5, 0.6) is 11.5 Å². The monoisotopic (exact) mass is 340 g/mol. The van der Waals surface area contributed by atoms with Gasteiger partial charge < -0.3 is 19.5 Å². The maximum Gasteiger partial charge on any atom is 0.414 e. The molecular weight excluding hydrogens is 320 g/mol. The Morgan fingerprint density at radius 2 is 1.84 bits per heavy atom. The van der Waals surface area contributed by atoms with Crippen LogP contribution < -0.4 is 19.7 Å². The van der Waals surface area contributed by atoms with Gasteiger partial charge in [0.2, 0.25) is 0 Å². The average Bonchev–Trinajstić information content (AvgIpc) is 3.03. The Morgan fingerprint density at radius 3 is 2.68 bits per heavy atom. The van der Waals surface area contributed by atoms with E-state index in [9.17, 15) is 4.79 Å². The lowest BCUT2D eigenvalue weighted by Crippen LogP contribution is -2.30. The van der Waals surface area contributed by atoms with Crippen LogP contribution in [-0.4, -0.2) is 38.5 Å². The third kappa shape index (κ3) is 3.53. The molecule has 0 saturated carbocycles. The minimum Gasteiger partial charge on any atom is -0.486 e. The van der Waals surface area contributed by atoms with Crippen LogP contribution in [0.25, 0.3) is 0 Å². The van der Waals surface area contributed by atoms with Crippen molar-refractivity contribution in [3.8, 4) is 11.5 Å². The van der Waals surface area contributed by atoms with E-state index in [2.05, 4.69) is 17.4 Å². The van der Waals surface area contributed by atoms with Crippen molar-refractivity contribution in [2.24, 2.45) is 0 Å². The quantitative estimate of drug-likeness (QED) is 0.906. The number of amides is 1. The summed E-state index contributed by atoms with van der Waals surface area (Å²) in [6.07, 6.45) is -0.507. The zero-order chi connectivity index (χ0) is 17.1. The van der Waals surface area contributed by atoms with Gasteiger partial charge in [-0.1, -0.05) is 30.3 Å². The molecule has 0 spiro atoms. The average molecular weight is 340 g/mol. The van der Waals surface area contributed by atoms with E-state index in [1.807, 2.05) is 36.4 Å². The number of hydrogen-bond donors (Lipinski definition) is 1. The second-order valence-corrected chi connectivity index (χ2v) is 6.06. The number of nitrogens with one attached hydrogen (secondary N) is 1. The second-order valence-electron chi connectivity index (χ2n) is 6.06. The molecule has 4 rings (SSSR count). The van der Waals surface area contributed by atoms with Gasteiger partial charge in [0.25, 0.3) is 0 Å². The lowest BCUT2D eigenvalue weighted by molar-refractivity contribution is 0.140. The first kappa shape index (κ1) is 15.8. The maximum absolute atomic E-state index is 12.2. The smallest absolute Gasteiger partial charge is 0.414 e. The Balaban J connectivity index is 1.35. The summed E-state index contributed by atoms with van der Waals surface area (Å²) >= 11 is 0. The van der Waals surface area contributed by atoms with Gasteiger partial charge in [0.1, 0.15) is 19.3 Å². The van der Waals surface area contributed by atoms with Crippen LogP contribution in [0.4, 0.5) is 10.5 Å². The predicted octanol–water partition coefficient (Wildman–Crippen LogP) is 2.57. The van der Waals surface area contributed by atoms with Crippen molar-refractivity contribution in [1.29, 1.82) is 0 Å². The molecule has 1 fully saturated rings. The number of hydrogen-bond acceptors (Lipinski definition) is 5. The van der Waals surface area contributed by atoms with Crippen molar-refractivity contribution in [1.82, 2.24) is 5.32 Å². The van der Waals surface area contributed by atoms with Crippen LogP contribution in [0, 0.1) is 0 Å². The van der Waals surface area contributed by atoms with Crippen molar-refractivity contribution < 1.29 is 19.0 Å². The van der Waals surface area contributed by atoms with E-state index in [0.717, 1.165) is 12.2 Å². The predicted molar refractivity (Wildman–Crippen MR) is 93.2 cm³/mol. The van der Waals surface area contributed by atoms with E-state index in [0.29, 0.717) is 37.8 Å². The van der Waals surface area contributed by atoms with E-state index in [1.165, 1.54) is 5.56 Å². The Morgan fingerprint density at radius 1 is 1.04 bits per heavy atom. The molecule has 130 valence electrons.